The number of hydrogen-bond donors (Lipinski definition) is 1. The minimum Gasteiger partial charge on any atom is -0.493 e. The van der Waals surface area contributed by atoms with Gasteiger partial charge in [0.05, 0.1) is 19.8 Å². The molecule has 0 atom stereocenters. The van der Waals surface area contributed by atoms with E-state index < -0.39 is 0 Å². The highest BCUT2D eigenvalue weighted by atomic mass is 32.1. The third-order valence-corrected chi connectivity index (χ3v) is 4.57. The number of benzene rings is 1. The van der Waals surface area contributed by atoms with Crippen molar-refractivity contribution < 1.29 is 9.84 Å². The van der Waals surface area contributed by atoms with Crippen LogP contribution in [0.5, 0.6) is 5.75 Å². The smallest absolute Gasteiger partial charge is 0.156 e. The van der Waals surface area contributed by atoms with E-state index in [1.807, 2.05) is 37.3 Å². The fraction of sp³-hybridized carbons (Fsp3) is 0.333. The zero-order chi connectivity index (χ0) is 16.8. The number of thiophene rings is 1. The zero-order valence-electron chi connectivity index (χ0n) is 13.7. The Labute approximate surface area is 145 Å². The van der Waals surface area contributed by atoms with Crippen molar-refractivity contribution in [3.05, 3.63) is 63.9 Å². The Kier molecular flexibility index (Phi) is 5.61. The second kappa shape index (κ2) is 8.08. The Morgan fingerprint density at radius 1 is 1.21 bits per heavy atom. The van der Waals surface area contributed by atoms with Crippen LogP contribution in [0.2, 0.25) is 0 Å². The standard InChI is InChI=1S/C18H21N3O2S/c1-14-5-2-3-7-16(14)23-11-8-18-19-17(20-21(18)9-10-22)13-15-6-4-12-24-15/h2-7,12,22H,8-11,13H2,1H3. The summed E-state index contributed by atoms with van der Waals surface area (Å²) in [6, 6.07) is 12.1. The molecule has 1 N–H and O–H groups in total. The van der Waals surface area contributed by atoms with Crippen LogP contribution in [0, 0.1) is 6.92 Å². The van der Waals surface area contributed by atoms with Gasteiger partial charge < -0.3 is 9.84 Å². The summed E-state index contributed by atoms with van der Waals surface area (Å²) >= 11 is 1.70. The van der Waals surface area contributed by atoms with E-state index >= 15 is 0 Å². The van der Waals surface area contributed by atoms with Crippen LogP contribution in [0.15, 0.2) is 41.8 Å². The highest BCUT2D eigenvalue weighted by Gasteiger charge is 2.11. The number of ether oxygens (including phenoxy) is 1. The fourth-order valence-electron chi connectivity index (χ4n) is 2.50. The highest BCUT2D eigenvalue weighted by molar-refractivity contribution is 7.09. The van der Waals surface area contributed by atoms with E-state index in [2.05, 4.69) is 21.5 Å². The minimum atomic E-state index is 0.0491. The van der Waals surface area contributed by atoms with E-state index in [1.165, 1.54) is 4.88 Å². The quantitative estimate of drug-likeness (QED) is 0.683. The monoisotopic (exact) mass is 343 g/mol. The van der Waals surface area contributed by atoms with Crippen LogP contribution in [0.25, 0.3) is 0 Å². The van der Waals surface area contributed by atoms with Crippen LogP contribution < -0.4 is 4.74 Å². The second-order valence-corrected chi connectivity index (χ2v) is 6.54. The summed E-state index contributed by atoms with van der Waals surface area (Å²) in [5, 5.41) is 15.8. The van der Waals surface area contributed by atoms with Crippen LogP contribution in [-0.4, -0.2) is 33.1 Å². The van der Waals surface area contributed by atoms with E-state index in [-0.39, 0.29) is 6.61 Å². The first-order chi connectivity index (χ1) is 11.8. The normalized spacial score (nSPS) is 10.9. The lowest BCUT2D eigenvalue weighted by Gasteiger charge is -2.08. The molecule has 0 aliphatic carbocycles. The summed E-state index contributed by atoms with van der Waals surface area (Å²) in [5.41, 5.74) is 1.12. The molecule has 5 nitrogen and oxygen atoms in total. The van der Waals surface area contributed by atoms with Gasteiger partial charge in [0, 0.05) is 17.7 Å². The lowest BCUT2D eigenvalue weighted by Crippen LogP contribution is -2.12. The molecule has 0 amide bonds. The topological polar surface area (TPSA) is 60.2 Å². The average Bonchev–Trinajstić information content (AvgIpc) is 3.20. The van der Waals surface area contributed by atoms with Crippen molar-refractivity contribution in [2.24, 2.45) is 0 Å². The maximum atomic E-state index is 9.23. The first-order valence-electron chi connectivity index (χ1n) is 8.00. The first kappa shape index (κ1) is 16.7. The molecule has 0 radical (unpaired) electrons. The number of rotatable bonds is 8. The molecule has 2 heterocycles. The maximum absolute atomic E-state index is 9.23. The van der Waals surface area contributed by atoms with Crippen LogP contribution in [0.3, 0.4) is 0 Å². The Morgan fingerprint density at radius 2 is 2.08 bits per heavy atom. The Balaban J connectivity index is 1.65. The molecular weight excluding hydrogens is 322 g/mol. The van der Waals surface area contributed by atoms with Crippen molar-refractivity contribution in [1.82, 2.24) is 14.8 Å². The van der Waals surface area contributed by atoms with E-state index in [1.54, 1.807) is 16.0 Å². The largest absolute Gasteiger partial charge is 0.493 e. The Bertz CT molecular complexity index is 768. The van der Waals surface area contributed by atoms with Gasteiger partial charge in [-0.25, -0.2) is 9.67 Å². The lowest BCUT2D eigenvalue weighted by atomic mass is 10.2. The van der Waals surface area contributed by atoms with Crippen LogP contribution in [-0.2, 0) is 19.4 Å². The van der Waals surface area contributed by atoms with Crippen molar-refractivity contribution in [2.75, 3.05) is 13.2 Å². The molecule has 6 heteroatoms. The number of aliphatic hydroxyl groups excluding tert-OH is 1. The van der Waals surface area contributed by atoms with Gasteiger partial charge >= 0.3 is 0 Å². The molecule has 0 saturated heterocycles. The van der Waals surface area contributed by atoms with Gasteiger partial charge in [-0.15, -0.1) is 11.3 Å². The zero-order valence-corrected chi connectivity index (χ0v) is 14.5. The predicted octanol–water partition coefficient (Wildman–Crippen LogP) is 2.85. The molecule has 0 spiro atoms. The summed E-state index contributed by atoms with van der Waals surface area (Å²) in [6.07, 6.45) is 1.38. The molecular formula is C18H21N3O2S. The van der Waals surface area contributed by atoms with Crippen LogP contribution >= 0.6 is 11.3 Å². The summed E-state index contributed by atoms with van der Waals surface area (Å²) in [5.74, 6) is 2.53. The maximum Gasteiger partial charge on any atom is 0.156 e. The van der Waals surface area contributed by atoms with Crippen molar-refractivity contribution in [3.63, 3.8) is 0 Å². The molecule has 3 aromatic rings. The van der Waals surface area contributed by atoms with Gasteiger partial charge in [0.25, 0.3) is 0 Å². The molecule has 24 heavy (non-hydrogen) atoms. The number of hydrogen-bond acceptors (Lipinski definition) is 5. The number of nitrogens with zero attached hydrogens (tertiary/aromatic N) is 3. The van der Waals surface area contributed by atoms with Gasteiger partial charge in [-0.1, -0.05) is 24.3 Å². The van der Waals surface area contributed by atoms with Crippen molar-refractivity contribution in [1.29, 1.82) is 0 Å². The molecule has 3 rings (SSSR count). The Morgan fingerprint density at radius 3 is 2.83 bits per heavy atom. The summed E-state index contributed by atoms with van der Waals surface area (Å²) in [6.45, 7) is 3.07. The molecule has 1 aromatic carbocycles. The molecule has 0 aliphatic rings. The number of para-hydroxylation sites is 1. The van der Waals surface area contributed by atoms with Gasteiger partial charge in [0.1, 0.15) is 11.6 Å². The summed E-state index contributed by atoms with van der Waals surface area (Å²) in [7, 11) is 0. The van der Waals surface area contributed by atoms with Crippen molar-refractivity contribution in [2.45, 2.75) is 26.3 Å². The minimum absolute atomic E-state index is 0.0491. The number of aryl methyl sites for hydroxylation is 1. The molecule has 0 aliphatic heterocycles. The van der Waals surface area contributed by atoms with Gasteiger partial charge in [0.2, 0.25) is 0 Å². The molecule has 0 saturated carbocycles. The van der Waals surface area contributed by atoms with E-state index in [0.29, 0.717) is 19.6 Å². The van der Waals surface area contributed by atoms with E-state index in [0.717, 1.165) is 29.4 Å². The van der Waals surface area contributed by atoms with Gasteiger partial charge in [-0.2, -0.15) is 5.10 Å². The van der Waals surface area contributed by atoms with Crippen molar-refractivity contribution in [3.8, 4) is 5.75 Å². The third-order valence-electron chi connectivity index (χ3n) is 3.69. The van der Waals surface area contributed by atoms with Gasteiger partial charge in [-0.3, -0.25) is 0 Å². The van der Waals surface area contributed by atoms with Crippen molar-refractivity contribution >= 4 is 11.3 Å². The SMILES string of the molecule is Cc1ccccc1OCCc1nc(Cc2cccs2)nn1CCO. The number of aromatic nitrogens is 3. The van der Waals surface area contributed by atoms with Gasteiger partial charge in [0.15, 0.2) is 5.82 Å². The van der Waals surface area contributed by atoms with Gasteiger partial charge in [-0.05, 0) is 30.0 Å². The fourth-order valence-corrected chi connectivity index (χ4v) is 3.20. The van der Waals surface area contributed by atoms with E-state index in [9.17, 15) is 5.11 Å². The third kappa shape index (κ3) is 4.21. The van der Waals surface area contributed by atoms with E-state index in [4.69, 9.17) is 4.74 Å². The molecule has 0 bridgehead atoms. The van der Waals surface area contributed by atoms with Crippen LogP contribution in [0.4, 0.5) is 0 Å². The molecule has 126 valence electrons. The molecule has 0 fully saturated rings. The first-order valence-corrected chi connectivity index (χ1v) is 8.88. The molecule has 0 unspecified atom stereocenters. The second-order valence-electron chi connectivity index (χ2n) is 5.51. The average molecular weight is 343 g/mol. The highest BCUT2D eigenvalue weighted by Crippen LogP contribution is 2.17. The lowest BCUT2D eigenvalue weighted by molar-refractivity contribution is 0.263. The van der Waals surface area contributed by atoms with Crippen LogP contribution in [0.1, 0.15) is 22.1 Å². The Hall–Kier alpha value is -2.18. The predicted molar refractivity (Wildman–Crippen MR) is 94.6 cm³/mol. The summed E-state index contributed by atoms with van der Waals surface area (Å²) in [4.78, 5) is 5.86. The summed E-state index contributed by atoms with van der Waals surface area (Å²) < 4.78 is 7.63. The molecule has 2 aromatic heterocycles. The number of aliphatic hydroxyl groups is 1.